The van der Waals surface area contributed by atoms with E-state index in [1.807, 2.05) is 17.5 Å². The highest BCUT2D eigenvalue weighted by Crippen LogP contribution is 2.22. The Morgan fingerprint density at radius 1 is 1.28 bits per heavy atom. The molecule has 1 atom stereocenters. The third-order valence-electron chi connectivity index (χ3n) is 2.76. The summed E-state index contributed by atoms with van der Waals surface area (Å²) in [6, 6.07) is 8.95. The Morgan fingerprint density at radius 3 is 2.78 bits per heavy atom. The number of nitrogens with two attached hydrogens (primary N) is 1. The minimum Gasteiger partial charge on any atom is -0.271 e. The number of halogens is 2. The first-order chi connectivity index (χ1) is 8.70. The predicted molar refractivity (Wildman–Crippen MR) is 74.2 cm³/mol. The summed E-state index contributed by atoms with van der Waals surface area (Å²) < 4.78 is 13.3. The molecule has 0 aliphatic carbocycles. The number of thiophene rings is 1. The number of hydrogen-bond acceptors (Lipinski definition) is 3. The fourth-order valence-corrected chi connectivity index (χ4v) is 2.82. The molecular formula is C13H14ClFN2S. The Bertz CT molecular complexity index is 502. The average molecular weight is 285 g/mol. The summed E-state index contributed by atoms with van der Waals surface area (Å²) in [5.74, 6) is 5.16. The van der Waals surface area contributed by atoms with Crippen LogP contribution in [-0.4, -0.2) is 6.04 Å². The maximum atomic E-state index is 13.3. The van der Waals surface area contributed by atoms with Crippen LogP contribution in [0.2, 0.25) is 5.02 Å². The first kappa shape index (κ1) is 13.5. The lowest BCUT2D eigenvalue weighted by atomic mass is 10.0. The van der Waals surface area contributed by atoms with Gasteiger partial charge in [-0.2, -0.15) is 0 Å². The summed E-state index contributed by atoms with van der Waals surface area (Å²) in [5, 5.41) is 2.21. The monoisotopic (exact) mass is 284 g/mol. The molecule has 5 heteroatoms. The first-order valence-electron chi connectivity index (χ1n) is 5.62. The second-order valence-corrected chi connectivity index (χ2v) is 5.47. The van der Waals surface area contributed by atoms with Crippen LogP contribution in [-0.2, 0) is 12.8 Å². The first-order valence-corrected chi connectivity index (χ1v) is 6.88. The Balaban J connectivity index is 2.08. The van der Waals surface area contributed by atoms with Crippen molar-refractivity contribution in [1.82, 2.24) is 5.43 Å². The second-order valence-electron chi connectivity index (χ2n) is 4.06. The average Bonchev–Trinajstić information content (AvgIpc) is 2.86. The van der Waals surface area contributed by atoms with Crippen LogP contribution < -0.4 is 11.3 Å². The van der Waals surface area contributed by atoms with Gasteiger partial charge in [-0.15, -0.1) is 11.3 Å². The van der Waals surface area contributed by atoms with Crippen molar-refractivity contribution in [3.63, 3.8) is 0 Å². The summed E-state index contributed by atoms with van der Waals surface area (Å²) in [7, 11) is 0. The van der Waals surface area contributed by atoms with Gasteiger partial charge in [0.05, 0.1) is 5.02 Å². The molecule has 18 heavy (non-hydrogen) atoms. The fourth-order valence-electron chi connectivity index (χ4n) is 1.83. The van der Waals surface area contributed by atoms with Gasteiger partial charge in [-0.1, -0.05) is 29.8 Å². The molecule has 0 bridgehead atoms. The Kier molecular flexibility index (Phi) is 4.72. The van der Waals surface area contributed by atoms with Crippen molar-refractivity contribution in [2.45, 2.75) is 18.9 Å². The molecule has 0 aliphatic rings. The number of hydrogen-bond donors (Lipinski definition) is 2. The highest BCUT2D eigenvalue weighted by molar-refractivity contribution is 7.09. The molecular weight excluding hydrogens is 271 g/mol. The van der Waals surface area contributed by atoms with Gasteiger partial charge in [0.25, 0.3) is 0 Å². The molecule has 1 aromatic heterocycles. The maximum Gasteiger partial charge on any atom is 0.142 e. The van der Waals surface area contributed by atoms with Gasteiger partial charge in [0.1, 0.15) is 5.82 Å². The summed E-state index contributed by atoms with van der Waals surface area (Å²) in [4.78, 5) is 1.24. The van der Waals surface area contributed by atoms with Crippen LogP contribution in [0.15, 0.2) is 35.7 Å². The maximum absolute atomic E-state index is 13.3. The van der Waals surface area contributed by atoms with Gasteiger partial charge in [-0.05, 0) is 35.9 Å². The Labute approximate surface area is 115 Å². The van der Waals surface area contributed by atoms with E-state index in [1.54, 1.807) is 17.4 Å². The summed E-state index contributed by atoms with van der Waals surface area (Å²) in [6.45, 7) is 0. The van der Waals surface area contributed by atoms with Crippen LogP contribution in [0.25, 0.3) is 0 Å². The third kappa shape index (κ3) is 3.29. The van der Waals surface area contributed by atoms with Gasteiger partial charge in [-0.3, -0.25) is 11.3 Å². The van der Waals surface area contributed by atoms with Crippen LogP contribution in [0.5, 0.6) is 0 Å². The van der Waals surface area contributed by atoms with Crippen molar-refractivity contribution in [3.8, 4) is 0 Å². The smallest absolute Gasteiger partial charge is 0.142 e. The van der Waals surface area contributed by atoms with E-state index < -0.39 is 0 Å². The largest absolute Gasteiger partial charge is 0.271 e. The van der Waals surface area contributed by atoms with Crippen molar-refractivity contribution in [2.24, 2.45) is 5.84 Å². The number of benzene rings is 1. The van der Waals surface area contributed by atoms with E-state index in [4.69, 9.17) is 17.4 Å². The van der Waals surface area contributed by atoms with Crippen molar-refractivity contribution < 1.29 is 4.39 Å². The third-order valence-corrected chi connectivity index (χ3v) is 4.08. The van der Waals surface area contributed by atoms with E-state index >= 15 is 0 Å². The number of nitrogens with one attached hydrogen (secondary N) is 1. The molecule has 0 saturated heterocycles. The highest BCUT2D eigenvalue weighted by atomic mass is 35.5. The lowest BCUT2D eigenvalue weighted by molar-refractivity contribution is 0.523. The lowest BCUT2D eigenvalue weighted by Crippen LogP contribution is -2.38. The molecule has 0 fully saturated rings. The van der Waals surface area contributed by atoms with Crippen molar-refractivity contribution >= 4 is 22.9 Å². The van der Waals surface area contributed by atoms with E-state index in [9.17, 15) is 4.39 Å². The summed E-state index contributed by atoms with van der Waals surface area (Å²) in [5.41, 5.74) is 3.54. The van der Waals surface area contributed by atoms with Crippen LogP contribution >= 0.6 is 22.9 Å². The zero-order chi connectivity index (χ0) is 13.0. The van der Waals surface area contributed by atoms with Gasteiger partial charge in [-0.25, -0.2) is 4.39 Å². The Morgan fingerprint density at radius 2 is 2.11 bits per heavy atom. The topological polar surface area (TPSA) is 38.0 Å². The molecule has 0 saturated carbocycles. The molecule has 96 valence electrons. The molecule has 2 nitrogen and oxygen atoms in total. The van der Waals surface area contributed by atoms with Gasteiger partial charge >= 0.3 is 0 Å². The molecule has 2 aromatic rings. The molecule has 0 radical (unpaired) electrons. The molecule has 0 spiro atoms. The van der Waals surface area contributed by atoms with Gasteiger partial charge in [0.15, 0.2) is 0 Å². The molecule has 1 aromatic carbocycles. The normalized spacial score (nSPS) is 12.6. The van der Waals surface area contributed by atoms with Crippen LogP contribution in [0.3, 0.4) is 0 Å². The Hall–Kier alpha value is -0.940. The van der Waals surface area contributed by atoms with E-state index in [0.717, 1.165) is 12.0 Å². The standard InChI is InChI=1S/C13H14ClFN2S/c14-13-9(3-1-5-12(13)15)7-10(17-16)8-11-4-2-6-18-11/h1-6,10,17H,7-8,16H2. The predicted octanol–water partition coefficient (Wildman–Crippen LogP) is 3.16. The molecule has 1 heterocycles. The highest BCUT2D eigenvalue weighted by Gasteiger charge is 2.13. The minimum atomic E-state index is -0.388. The number of hydrazine groups is 1. The van der Waals surface area contributed by atoms with Gasteiger partial charge in [0, 0.05) is 10.9 Å². The molecule has 0 aliphatic heterocycles. The molecule has 2 rings (SSSR count). The lowest BCUT2D eigenvalue weighted by Gasteiger charge is -2.16. The zero-order valence-corrected chi connectivity index (χ0v) is 11.3. The van der Waals surface area contributed by atoms with Crippen molar-refractivity contribution in [3.05, 3.63) is 57.0 Å². The van der Waals surface area contributed by atoms with E-state index in [1.165, 1.54) is 10.9 Å². The van der Waals surface area contributed by atoms with E-state index in [0.29, 0.717) is 6.42 Å². The van der Waals surface area contributed by atoms with Gasteiger partial charge in [0.2, 0.25) is 0 Å². The fraction of sp³-hybridized carbons (Fsp3) is 0.231. The zero-order valence-electron chi connectivity index (χ0n) is 9.70. The number of rotatable bonds is 5. The van der Waals surface area contributed by atoms with Crippen molar-refractivity contribution in [1.29, 1.82) is 0 Å². The molecule has 0 amide bonds. The molecule has 3 N–H and O–H groups in total. The van der Waals surface area contributed by atoms with Crippen LogP contribution in [0.4, 0.5) is 4.39 Å². The molecule has 1 unspecified atom stereocenters. The van der Waals surface area contributed by atoms with E-state index in [-0.39, 0.29) is 16.9 Å². The quantitative estimate of drug-likeness (QED) is 0.654. The SMILES string of the molecule is NNC(Cc1cccs1)Cc1cccc(F)c1Cl. The summed E-state index contributed by atoms with van der Waals surface area (Å²) in [6.07, 6.45) is 1.41. The second kappa shape index (κ2) is 6.29. The van der Waals surface area contributed by atoms with Gasteiger partial charge < -0.3 is 0 Å². The minimum absolute atomic E-state index is 0.0444. The van der Waals surface area contributed by atoms with E-state index in [2.05, 4.69) is 11.5 Å². The van der Waals surface area contributed by atoms with Crippen molar-refractivity contribution in [2.75, 3.05) is 0 Å². The van der Waals surface area contributed by atoms with Crippen LogP contribution in [0.1, 0.15) is 10.4 Å². The summed E-state index contributed by atoms with van der Waals surface area (Å²) >= 11 is 7.62. The van der Waals surface area contributed by atoms with Crippen LogP contribution in [0, 0.1) is 5.82 Å².